The number of nitrogens with one attached hydrogen (secondary N) is 1. The number of hydrogen-bond donors (Lipinski definition) is 3. The average molecular weight is 288 g/mol. The van der Waals surface area contributed by atoms with E-state index in [1.165, 1.54) is 11.3 Å². The minimum Gasteiger partial charge on any atom is -0.480 e. The molecule has 1 heterocycles. The molecular formula is C11H20N4O3S. The van der Waals surface area contributed by atoms with Crippen molar-refractivity contribution in [2.75, 3.05) is 45.7 Å². The van der Waals surface area contributed by atoms with E-state index in [0.717, 1.165) is 19.6 Å². The van der Waals surface area contributed by atoms with Crippen molar-refractivity contribution in [1.82, 2.24) is 9.88 Å². The largest absolute Gasteiger partial charge is 0.480 e. The summed E-state index contributed by atoms with van der Waals surface area (Å²) in [6.45, 7) is 3.15. The first-order valence-electron chi connectivity index (χ1n) is 5.89. The van der Waals surface area contributed by atoms with E-state index in [1.807, 2.05) is 7.05 Å². The summed E-state index contributed by atoms with van der Waals surface area (Å²) in [5.41, 5.74) is 5.86. The minimum atomic E-state index is -1.07. The maximum atomic E-state index is 10.7. The van der Waals surface area contributed by atoms with E-state index in [2.05, 4.69) is 15.2 Å². The molecule has 0 radical (unpaired) electrons. The fraction of sp³-hybridized carbons (Fsp3) is 0.636. The first-order valence-corrected chi connectivity index (χ1v) is 6.77. The number of aromatic nitrogens is 1. The van der Waals surface area contributed by atoms with E-state index >= 15 is 0 Å². The van der Waals surface area contributed by atoms with Gasteiger partial charge in [-0.25, -0.2) is 4.98 Å². The molecule has 1 atom stereocenters. The zero-order valence-electron chi connectivity index (χ0n) is 11.1. The summed E-state index contributed by atoms with van der Waals surface area (Å²) in [6.07, 6.45) is 0. The van der Waals surface area contributed by atoms with Crippen molar-refractivity contribution in [3.8, 4) is 0 Å². The standard InChI is InChI=1S/C11H20N4O3S/c1-15(5-6-18-2)4-3-13-11-14-8(7-19-11)9(12)10(16)17/h7,9H,3-6,12H2,1-2H3,(H,13,14)(H,16,17). The zero-order chi connectivity index (χ0) is 14.3. The van der Waals surface area contributed by atoms with Gasteiger partial charge in [-0.05, 0) is 7.05 Å². The van der Waals surface area contributed by atoms with Crippen LogP contribution in [0, 0.1) is 0 Å². The van der Waals surface area contributed by atoms with Crippen LogP contribution < -0.4 is 11.1 Å². The summed E-state index contributed by atoms with van der Waals surface area (Å²) >= 11 is 1.36. The van der Waals surface area contributed by atoms with Crippen LogP contribution in [0.3, 0.4) is 0 Å². The number of likely N-dealkylation sites (N-methyl/N-ethyl adjacent to an activating group) is 1. The molecule has 108 valence electrons. The maximum Gasteiger partial charge on any atom is 0.326 e. The second-order valence-corrected chi connectivity index (χ2v) is 4.97. The Morgan fingerprint density at radius 3 is 3.05 bits per heavy atom. The van der Waals surface area contributed by atoms with Crippen LogP contribution in [-0.4, -0.2) is 61.4 Å². The van der Waals surface area contributed by atoms with Crippen molar-refractivity contribution in [3.63, 3.8) is 0 Å². The summed E-state index contributed by atoms with van der Waals surface area (Å²) < 4.78 is 4.99. The van der Waals surface area contributed by atoms with Crippen LogP contribution in [0.4, 0.5) is 5.13 Å². The number of carboxylic acids is 1. The van der Waals surface area contributed by atoms with Gasteiger partial charge in [-0.15, -0.1) is 11.3 Å². The molecule has 0 fully saturated rings. The minimum absolute atomic E-state index is 0.382. The van der Waals surface area contributed by atoms with E-state index in [4.69, 9.17) is 15.6 Å². The molecular weight excluding hydrogens is 268 g/mol. The van der Waals surface area contributed by atoms with Crippen LogP contribution in [0.25, 0.3) is 0 Å². The molecule has 0 saturated carbocycles. The number of anilines is 1. The Bertz CT molecular complexity index is 399. The van der Waals surface area contributed by atoms with E-state index in [-0.39, 0.29) is 0 Å². The topological polar surface area (TPSA) is 101 Å². The third kappa shape index (κ3) is 5.52. The van der Waals surface area contributed by atoms with Crippen molar-refractivity contribution in [3.05, 3.63) is 11.1 Å². The van der Waals surface area contributed by atoms with E-state index < -0.39 is 12.0 Å². The number of aliphatic carboxylic acids is 1. The molecule has 1 aromatic rings. The Hall–Kier alpha value is -1.22. The molecule has 0 aromatic carbocycles. The number of methoxy groups -OCH3 is 1. The Kier molecular flexibility index (Phi) is 6.71. The lowest BCUT2D eigenvalue weighted by molar-refractivity contribution is -0.138. The monoisotopic (exact) mass is 288 g/mol. The van der Waals surface area contributed by atoms with Gasteiger partial charge in [-0.3, -0.25) is 4.79 Å². The molecule has 0 spiro atoms. The van der Waals surface area contributed by atoms with Gasteiger partial charge in [0.15, 0.2) is 5.13 Å². The molecule has 19 heavy (non-hydrogen) atoms. The van der Waals surface area contributed by atoms with Crippen LogP contribution in [0.15, 0.2) is 5.38 Å². The van der Waals surface area contributed by atoms with Gasteiger partial charge in [0, 0.05) is 32.1 Å². The molecule has 0 amide bonds. The zero-order valence-corrected chi connectivity index (χ0v) is 11.9. The lowest BCUT2D eigenvalue weighted by atomic mass is 10.2. The summed E-state index contributed by atoms with van der Waals surface area (Å²) in [7, 11) is 3.68. The molecule has 1 unspecified atom stereocenters. The number of rotatable bonds is 9. The van der Waals surface area contributed by atoms with Gasteiger partial charge in [-0.2, -0.15) is 0 Å². The van der Waals surface area contributed by atoms with Crippen molar-refractivity contribution in [2.24, 2.45) is 5.73 Å². The molecule has 0 bridgehead atoms. The Morgan fingerprint density at radius 2 is 2.42 bits per heavy atom. The molecule has 1 rings (SSSR count). The Balaban J connectivity index is 2.32. The first-order chi connectivity index (χ1) is 9.04. The summed E-state index contributed by atoms with van der Waals surface area (Å²) in [6, 6.07) is -1.06. The van der Waals surface area contributed by atoms with Crippen LogP contribution >= 0.6 is 11.3 Å². The molecule has 4 N–H and O–H groups in total. The number of carbonyl (C=O) groups is 1. The highest BCUT2D eigenvalue weighted by Gasteiger charge is 2.17. The highest BCUT2D eigenvalue weighted by atomic mass is 32.1. The lowest BCUT2D eigenvalue weighted by Crippen LogP contribution is -2.28. The van der Waals surface area contributed by atoms with Crippen LogP contribution in [0.5, 0.6) is 0 Å². The smallest absolute Gasteiger partial charge is 0.326 e. The summed E-state index contributed by atoms with van der Waals surface area (Å²) in [5.74, 6) is -1.07. The molecule has 0 aliphatic carbocycles. The van der Waals surface area contributed by atoms with Crippen LogP contribution in [0.1, 0.15) is 11.7 Å². The fourth-order valence-corrected chi connectivity index (χ4v) is 2.12. The van der Waals surface area contributed by atoms with Crippen LogP contribution in [0.2, 0.25) is 0 Å². The number of ether oxygens (including phenoxy) is 1. The first kappa shape index (κ1) is 15.8. The predicted molar refractivity (Wildman–Crippen MR) is 74.5 cm³/mol. The second-order valence-electron chi connectivity index (χ2n) is 4.12. The van der Waals surface area contributed by atoms with Gasteiger partial charge in [-0.1, -0.05) is 0 Å². The SMILES string of the molecule is COCCN(C)CCNc1nc(C(N)C(=O)O)cs1. The number of nitrogens with zero attached hydrogens (tertiary/aromatic N) is 2. The van der Waals surface area contributed by atoms with E-state index in [0.29, 0.717) is 17.4 Å². The Labute approximate surface area is 116 Å². The van der Waals surface area contributed by atoms with Gasteiger partial charge < -0.3 is 25.8 Å². The summed E-state index contributed by atoms with van der Waals surface area (Å²) in [5, 5.41) is 14.3. The van der Waals surface area contributed by atoms with E-state index in [9.17, 15) is 4.79 Å². The van der Waals surface area contributed by atoms with Crippen LogP contribution in [-0.2, 0) is 9.53 Å². The highest BCUT2D eigenvalue weighted by Crippen LogP contribution is 2.19. The molecule has 0 aliphatic heterocycles. The molecule has 1 aromatic heterocycles. The number of nitrogens with two attached hydrogens (primary N) is 1. The van der Waals surface area contributed by atoms with Crippen molar-refractivity contribution in [1.29, 1.82) is 0 Å². The van der Waals surface area contributed by atoms with Gasteiger partial charge in [0.1, 0.15) is 6.04 Å². The van der Waals surface area contributed by atoms with Crippen molar-refractivity contribution < 1.29 is 14.6 Å². The quantitative estimate of drug-likeness (QED) is 0.597. The van der Waals surface area contributed by atoms with Gasteiger partial charge >= 0.3 is 5.97 Å². The molecule has 8 heteroatoms. The third-order valence-corrected chi connectivity index (χ3v) is 3.37. The van der Waals surface area contributed by atoms with Crippen molar-refractivity contribution in [2.45, 2.75) is 6.04 Å². The third-order valence-electron chi connectivity index (χ3n) is 2.55. The normalized spacial score (nSPS) is 12.6. The molecule has 0 saturated heterocycles. The lowest BCUT2D eigenvalue weighted by Gasteiger charge is -2.15. The van der Waals surface area contributed by atoms with Gasteiger partial charge in [0.25, 0.3) is 0 Å². The van der Waals surface area contributed by atoms with Gasteiger partial charge in [0.05, 0.1) is 12.3 Å². The maximum absolute atomic E-state index is 10.7. The average Bonchev–Trinajstić information content (AvgIpc) is 2.84. The Morgan fingerprint density at radius 1 is 1.68 bits per heavy atom. The van der Waals surface area contributed by atoms with Gasteiger partial charge in [0.2, 0.25) is 0 Å². The second kappa shape index (κ2) is 8.05. The van der Waals surface area contributed by atoms with E-state index in [1.54, 1.807) is 12.5 Å². The molecule has 7 nitrogen and oxygen atoms in total. The summed E-state index contributed by atoms with van der Waals surface area (Å²) in [4.78, 5) is 17.0. The predicted octanol–water partition coefficient (Wildman–Crippen LogP) is 0.218. The fourth-order valence-electron chi connectivity index (χ4n) is 1.35. The number of hydrogen-bond acceptors (Lipinski definition) is 7. The van der Waals surface area contributed by atoms with Crippen molar-refractivity contribution >= 4 is 22.4 Å². The molecule has 0 aliphatic rings. The number of carboxylic acid groups (broad SMARTS) is 1. The highest BCUT2D eigenvalue weighted by molar-refractivity contribution is 7.13. The number of thiazole rings is 1.